The van der Waals surface area contributed by atoms with Gasteiger partial charge in [-0.3, -0.25) is 4.98 Å². The summed E-state index contributed by atoms with van der Waals surface area (Å²) in [6.45, 7) is 1.96. The summed E-state index contributed by atoms with van der Waals surface area (Å²) in [6, 6.07) is 11.2. The van der Waals surface area contributed by atoms with Crippen molar-refractivity contribution in [3.8, 4) is 45.4 Å². The van der Waals surface area contributed by atoms with Crippen molar-refractivity contribution in [2.45, 2.75) is 18.4 Å². The van der Waals surface area contributed by atoms with E-state index < -0.39 is 10.0 Å². The Morgan fingerprint density at radius 2 is 1.61 bits per heavy atom. The van der Waals surface area contributed by atoms with E-state index in [0.29, 0.717) is 51.7 Å². The predicted molar refractivity (Wildman–Crippen MR) is 136 cm³/mol. The van der Waals surface area contributed by atoms with Gasteiger partial charge in [0.1, 0.15) is 5.75 Å². The van der Waals surface area contributed by atoms with Crippen LogP contribution in [0.25, 0.3) is 22.4 Å². The second-order valence-corrected chi connectivity index (χ2v) is 9.85. The van der Waals surface area contributed by atoms with Crippen molar-refractivity contribution in [2.75, 3.05) is 21.3 Å². The van der Waals surface area contributed by atoms with Gasteiger partial charge in [-0.05, 0) is 48.4 Å². The molecule has 0 amide bonds. The van der Waals surface area contributed by atoms with Gasteiger partial charge in [-0.25, -0.2) is 12.4 Å². The number of aromatic hydroxyl groups is 1. The minimum atomic E-state index is -4.13. The Bertz CT molecular complexity index is 1500. The van der Waals surface area contributed by atoms with Crippen molar-refractivity contribution in [1.29, 1.82) is 0 Å². The number of ether oxygens (including phenoxy) is 3. The van der Waals surface area contributed by atoms with Crippen LogP contribution < -0.4 is 19.9 Å². The number of rotatable bonds is 8. The number of pyridine rings is 1. The number of aromatic nitrogens is 2. The average molecular weight is 510 g/mol. The van der Waals surface area contributed by atoms with E-state index in [4.69, 9.17) is 19.9 Å². The van der Waals surface area contributed by atoms with E-state index in [1.165, 1.54) is 43.6 Å². The standard InChI is InChI=1S/C26H27N3O6S/c1-16-5-6-21(30)11-25(16)36(31,32)29-15-20(19-7-17(12-27)13-28-14-19)8-22(29)18-9-23(33-2)26(35-4)24(10-18)34-3/h5-11,13-15,30H,12,27H2,1-4H3. The molecule has 3 N–H and O–H groups in total. The second-order valence-electron chi connectivity index (χ2n) is 8.06. The van der Waals surface area contributed by atoms with Crippen molar-refractivity contribution >= 4 is 10.0 Å². The van der Waals surface area contributed by atoms with Crippen LogP contribution >= 0.6 is 0 Å². The maximum absolute atomic E-state index is 13.9. The van der Waals surface area contributed by atoms with Crippen LogP contribution in [0.5, 0.6) is 23.0 Å². The average Bonchev–Trinajstić information content (AvgIpc) is 3.35. The highest BCUT2D eigenvalue weighted by Crippen LogP contribution is 2.43. The molecule has 9 nitrogen and oxygen atoms in total. The van der Waals surface area contributed by atoms with E-state index in [0.717, 1.165) is 5.56 Å². The molecule has 0 atom stereocenters. The van der Waals surface area contributed by atoms with E-state index in [1.807, 2.05) is 6.07 Å². The van der Waals surface area contributed by atoms with Crippen LogP contribution in [0.4, 0.5) is 0 Å². The number of nitrogens with two attached hydrogens (primary N) is 1. The van der Waals surface area contributed by atoms with Crippen LogP contribution in [0.15, 0.2) is 66.0 Å². The Hall–Kier alpha value is -4.02. The molecule has 36 heavy (non-hydrogen) atoms. The zero-order valence-electron chi connectivity index (χ0n) is 20.3. The Kier molecular flexibility index (Phi) is 6.91. The minimum absolute atomic E-state index is 0.0211. The molecule has 2 heterocycles. The Morgan fingerprint density at radius 1 is 0.917 bits per heavy atom. The van der Waals surface area contributed by atoms with E-state index in [2.05, 4.69) is 4.98 Å². The van der Waals surface area contributed by atoms with Crippen LogP contribution in [-0.2, 0) is 16.6 Å². The first-order valence-corrected chi connectivity index (χ1v) is 12.4. The van der Waals surface area contributed by atoms with Gasteiger partial charge in [0.2, 0.25) is 5.75 Å². The highest BCUT2D eigenvalue weighted by molar-refractivity contribution is 7.90. The third-order valence-corrected chi connectivity index (χ3v) is 7.63. The lowest BCUT2D eigenvalue weighted by molar-refractivity contribution is 0.324. The molecule has 0 radical (unpaired) electrons. The summed E-state index contributed by atoms with van der Waals surface area (Å²) < 4.78 is 45.4. The third kappa shape index (κ3) is 4.48. The van der Waals surface area contributed by atoms with Gasteiger partial charge >= 0.3 is 0 Å². The van der Waals surface area contributed by atoms with Crippen molar-refractivity contribution in [2.24, 2.45) is 5.73 Å². The van der Waals surface area contributed by atoms with Crippen molar-refractivity contribution < 1.29 is 27.7 Å². The van der Waals surface area contributed by atoms with Crippen LogP contribution in [0.3, 0.4) is 0 Å². The summed E-state index contributed by atoms with van der Waals surface area (Å²) >= 11 is 0. The quantitative estimate of drug-likeness (QED) is 0.366. The first-order valence-electron chi connectivity index (χ1n) is 11.0. The molecule has 0 aliphatic heterocycles. The molecular formula is C26H27N3O6S. The zero-order chi connectivity index (χ0) is 26.0. The van der Waals surface area contributed by atoms with Gasteiger partial charge in [0, 0.05) is 47.9 Å². The summed E-state index contributed by atoms with van der Waals surface area (Å²) in [5.41, 5.74) is 9.27. The smallest absolute Gasteiger partial charge is 0.268 e. The number of benzene rings is 2. The Balaban J connectivity index is 2.02. The first-order chi connectivity index (χ1) is 17.2. The predicted octanol–water partition coefficient (Wildman–Crippen LogP) is 3.95. The molecule has 0 fully saturated rings. The van der Waals surface area contributed by atoms with Crippen molar-refractivity contribution in [3.05, 3.63) is 72.2 Å². The first kappa shape index (κ1) is 25.1. The van der Waals surface area contributed by atoms with E-state index in [-0.39, 0.29) is 10.6 Å². The number of hydrogen-bond acceptors (Lipinski definition) is 8. The number of methoxy groups -OCH3 is 3. The molecule has 0 aliphatic rings. The molecule has 0 saturated carbocycles. The fourth-order valence-electron chi connectivity index (χ4n) is 3.97. The second kappa shape index (κ2) is 9.92. The van der Waals surface area contributed by atoms with Crippen LogP contribution in [0, 0.1) is 6.92 Å². The van der Waals surface area contributed by atoms with Gasteiger partial charge in [-0.15, -0.1) is 0 Å². The maximum atomic E-state index is 13.9. The molecule has 4 rings (SSSR count). The fraction of sp³-hybridized carbons (Fsp3) is 0.192. The molecule has 2 aromatic carbocycles. The van der Waals surface area contributed by atoms with Gasteiger partial charge in [0.15, 0.2) is 11.5 Å². The fourth-order valence-corrected chi connectivity index (χ4v) is 5.60. The lowest BCUT2D eigenvalue weighted by Gasteiger charge is -2.16. The largest absolute Gasteiger partial charge is 0.508 e. The highest BCUT2D eigenvalue weighted by Gasteiger charge is 2.26. The van der Waals surface area contributed by atoms with Gasteiger partial charge in [-0.2, -0.15) is 0 Å². The highest BCUT2D eigenvalue weighted by atomic mass is 32.2. The zero-order valence-corrected chi connectivity index (χ0v) is 21.2. The van der Waals surface area contributed by atoms with Gasteiger partial charge in [0.25, 0.3) is 10.0 Å². The normalized spacial score (nSPS) is 11.4. The van der Waals surface area contributed by atoms with E-state index in [9.17, 15) is 13.5 Å². The van der Waals surface area contributed by atoms with Gasteiger partial charge in [-0.1, -0.05) is 6.07 Å². The molecule has 10 heteroatoms. The van der Waals surface area contributed by atoms with Crippen LogP contribution in [-0.4, -0.2) is 43.8 Å². The molecular weight excluding hydrogens is 482 g/mol. The van der Waals surface area contributed by atoms with E-state index >= 15 is 0 Å². The number of aryl methyl sites for hydroxylation is 1. The van der Waals surface area contributed by atoms with Crippen molar-refractivity contribution in [1.82, 2.24) is 8.96 Å². The lowest BCUT2D eigenvalue weighted by atomic mass is 10.1. The molecule has 0 spiro atoms. The molecule has 0 aliphatic carbocycles. The summed E-state index contributed by atoms with van der Waals surface area (Å²) in [7, 11) is 0.340. The SMILES string of the molecule is COc1cc(-c2cc(-c3cncc(CN)c3)cn2S(=O)(=O)c2cc(O)ccc2C)cc(OC)c1OC. The Labute approximate surface area is 209 Å². The summed E-state index contributed by atoms with van der Waals surface area (Å²) in [6.07, 6.45) is 4.83. The summed E-state index contributed by atoms with van der Waals surface area (Å²) in [5.74, 6) is 0.979. The number of phenols is 1. The maximum Gasteiger partial charge on any atom is 0.268 e. The number of nitrogens with zero attached hydrogens (tertiary/aromatic N) is 2. The molecule has 2 aromatic heterocycles. The van der Waals surface area contributed by atoms with Crippen LogP contribution in [0.1, 0.15) is 11.1 Å². The van der Waals surface area contributed by atoms with Crippen molar-refractivity contribution in [3.63, 3.8) is 0 Å². The monoisotopic (exact) mass is 509 g/mol. The molecule has 0 unspecified atom stereocenters. The number of phenolic OH excluding ortho intramolecular Hbond substituents is 1. The van der Waals surface area contributed by atoms with E-state index in [1.54, 1.807) is 43.6 Å². The molecule has 4 aromatic rings. The van der Waals surface area contributed by atoms with Gasteiger partial charge in [0.05, 0.1) is 31.9 Å². The summed E-state index contributed by atoms with van der Waals surface area (Å²) in [4.78, 5) is 4.22. The topological polar surface area (TPSA) is 126 Å². The third-order valence-electron chi connectivity index (χ3n) is 5.82. The molecule has 0 bridgehead atoms. The van der Waals surface area contributed by atoms with Gasteiger partial charge < -0.3 is 25.1 Å². The van der Waals surface area contributed by atoms with Crippen LogP contribution in [0.2, 0.25) is 0 Å². The molecule has 0 saturated heterocycles. The lowest BCUT2D eigenvalue weighted by Crippen LogP contribution is -2.14. The minimum Gasteiger partial charge on any atom is -0.508 e. The Morgan fingerprint density at radius 3 is 2.22 bits per heavy atom. The molecule has 188 valence electrons. The summed E-state index contributed by atoms with van der Waals surface area (Å²) in [5, 5.41) is 10.0. The number of hydrogen-bond donors (Lipinski definition) is 2.